The highest BCUT2D eigenvalue weighted by Gasteiger charge is 2.16. The number of nitrogens with zero attached hydrogens (tertiary/aromatic N) is 2. The Labute approximate surface area is 161 Å². The Balaban J connectivity index is 2.03. The molecular formula is C21H30N4O2. The van der Waals surface area contributed by atoms with E-state index in [1.54, 1.807) is 12.3 Å². The van der Waals surface area contributed by atoms with Crippen molar-refractivity contribution in [3.63, 3.8) is 0 Å². The second-order valence-corrected chi connectivity index (χ2v) is 7.36. The molecule has 2 aromatic rings. The fourth-order valence-electron chi connectivity index (χ4n) is 2.67. The molecule has 0 aliphatic heterocycles. The number of carbonyl (C=O) groups is 1. The number of hydrogen-bond donors (Lipinski definition) is 2. The maximum atomic E-state index is 11.8. The Morgan fingerprint density at radius 2 is 1.85 bits per heavy atom. The minimum Gasteiger partial charge on any atom is -0.444 e. The number of benzene rings is 1. The third-order valence-corrected chi connectivity index (χ3v) is 4.01. The molecule has 0 fully saturated rings. The molecule has 0 aliphatic rings. The van der Waals surface area contributed by atoms with Crippen LogP contribution in [0.25, 0.3) is 0 Å². The van der Waals surface area contributed by atoms with Gasteiger partial charge in [-0.05, 0) is 77.4 Å². The molecule has 6 heteroatoms. The first-order valence-electron chi connectivity index (χ1n) is 9.30. The maximum Gasteiger partial charge on any atom is 0.412 e. The number of aryl methyl sites for hydroxylation is 1. The number of carbonyl (C=O) groups excluding carboxylic acids is 1. The van der Waals surface area contributed by atoms with Gasteiger partial charge in [-0.2, -0.15) is 0 Å². The van der Waals surface area contributed by atoms with Gasteiger partial charge in [0.15, 0.2) is 0 Å². The predicted molar refractivity (Wildman–Crippen MR) is 112 cm³/mol. The third-order valence-electron chi connectivity index (χ3n) is 4.01. The van der Waals surface area contributed by atoms with E-state index in [0.29, 0.717) is 11.5 Å². The van der Waals surface area contributed by atoms with Crippen LogP contribution in [0.3, 0.4) is 0 Å². The molecule has 0 atom stereocenters. The van der Waals surface area contributed by atoms with Crippen LogP contribution in [0.5, 0.6) is 0 Å². The lowest BCUT2D eigenvalue weighted by atomic mass is 10.1. The summed E-state index contributed by atoms with van der Waals surface area (Å²) in [4.78, 5) is 18.5. The van der Waals surface area contributed by atoms with Gasteiger partial charge in [-0.25, -0.2) is 9.78 Å². The molecule has 1 aromatic carbocycles. The van der Waals surface area contributed by atoms with Gasteiger partial charge in [0.25, 0.3) is 0 Å². The summed E-state index contributed by atoms with van der Waals surface area (Å²) in [5.74, 6) is 0.712. The molecule has 0 spiro atoms. The van der Waals surface area contributed by atoms with Crippen LogP contribution in [0.1, 0.15) is 40.2 Å². The lowest BCUT2D eigenvalue weighted by molar-refractivity contribution is 0.0636. The molecule has 2 N–H and O–H groups in total. The summed E-state index contributed by atoms with van der Waals surface area (Å²) in [5.41, 5.74) is 3.42. The molecule has 1 amide bonds. The van der Waals surface area contributed by atoms with Crippen molar-refractivity contribution in [2.75, 3.05) is 28.6 Å². The van der Waals surface area contributed by atoms with Gasteiger partial charge < -0.3 is 15.0 Å². The third kappa shape index (κ3) is 6.16. The molecule has 146 valence electrons. The molecule has 0 radical (unpaired) electrons. The Morgan fingerprint density at radius 3 is 2.37 bits per heavy atom. The first-order chi connectivity index (χ1) is 12.7. The van der Waals surface area contributed by atoms with Crippen molar-refractivity contribution in [1.29, 1.82) is 0 Å². The van der Waals surface area contributed by atoms with Gasteiger partial charge in [0.2, 0.25) is 0 Å². The number of amides is 1. The van der Waals surface area contributed by atoms with Crippen molar-refractivity contribution in [2.24, 2.45) is 0 Å². The summed E-state index contributed by atoms with van der Waals surface area (Å²) in [5, 5.41) is 6.00. The van der Waals surface area contributed by atoms with Gasteiger partial charge in [-0.1, -0.05) is 0 Å². The zero-order valence-corrected chi connectivity index (χ0v) is 17.1. The second kappa shape index (κ2) is 8.75. The molecule has 0 bridgehead atoms. The number of hydrogen-bond acceptors (Lipinski definition) is 5. The number of anilines is 4. The van der Waals surface area contributed by atoms with Crippen LogP contribution in [0.15, 0.2) is 36.5 Å². The predicted octanol–water partition coefficient (Wildman–Crippen LogP) is 5.33. The summed E-state index contributed by atoms with van der Waals surface area (Å²) in [6.45, 7) is 13.8. The highest BCUT2D eigenvalue weighted by molar-refractivity contribution is 5.84. The molecule has 0 unspecified atom stereocenters. The Bertz CT molecular complexity index is 763. The first kappa shape index (κ1) is 20.6. The number of aromatic nitrogens is 1. The molecule has 27 heavy (non-hydrogen) atoms. The van der Waals surface area contributed by atoms with E-state index in [4.69, 9.17) is 4.74 Å². The Morgan fingerprint density at radius 1 is 1.15 bits per heavy atom. The number of pyridine rings is 1. The molecule has 0 saturated carbocycles. The lowest BCUT2D eigenvalue weighted by Crippen LogP contribution is -2.27. The number of ether oxygens (including phenoxy) is 1. The van der Waals surface area contributed by atoms with E-state index in [1.165, 1.54) is 5.69 Å². The van der Waals surface area contributed by atoms with E-state index in [0.717, 1.165) is 24.3 Å². The molecule has 1 heterocycles. The molecule has 2 rings (SSSR count). The van der Waals surface area contributed by atoms with Gasteiger partial charge in [0, 0.05) is 24.5 Å². The van der Waals surface area contributed by atoms with Crippen molar-refractivity contribution in [3.8, 4) is 0 Å². The van der Waals surface area contributed by atoms with Crippen LogP contribution in [-0.2, 0) is 4.74 Å². The topological polar surface area (TPSA) is 66.5 Å². The minimum absolute atomic E-state index is 0.493. The van der Waals surface area contributed by atoms with Crippen molar-refractivity contribution < 1.29 is 9.53 Å². The summed E-state index contributed by atoms with van der Waals surface area (Å²) in [6.07, 6.45) is 1.11. The zero-order valence-electron chi connectivity index (χ0n) is 17.1. The molecule has 0 saturated heterocycles. The van der Waals surface area contributed by atoms with Gasteiger partial charge in [0.1, 0.15) is 11.4 Å². The summed E-state index contributed by atoms with van der Waals surface area (Å²) >= 11 is 0. The van der Waals surface area contributed by atoms with Gasteiger partial charge in [-0.3, -0.25) is 5.32 Å². The SMILES string of the molecule is CCN(CC)c1ccc(Nc2ccc(NC(=O)OC(C)(C)C)cn2)c(C)c1. The average molecular weight is 370 g/mol. The van der Waals surface area contributed by atoms with Gasteiger partial charge in [0.05, 0.1) is 11.9 Å². The molecule has 6 nitrogen and oxygen atoms in total. The van der Waals surface area contributed by atoms with Gasteiger partial charge in [-0.15, -0.1) is 0 Å². The standard InChI is InChI=1S/C21H30N4O2/c1-7-25(8-2)17-10-11-18(15(3)13-17)24-19-12-9-16(14-22-19)23-20(26)27-21(4,5)6/h9-14H,7-8H2,1-6H3,(H,22,24)(H,23,26). The van der Waals surface area contributed by atoms with Crippen LogP contribution in [0.4, 0.5) is 27.7 Å². The minimum atomic E-state index is -0.534. The fourth-order valence-corrected chi connectivity index (χ4v) is 2.67. The van der Waals surface area contributed by atoms with E-state index in [9.17, 15) is 4.79 Å². The summed E-state index contributed by atoms with van der Waals surface area (Å²) in [6, 6.07) is 9.97. The number of rotatable bonds is 6. The average Bonchev–Trinajstić information content (AvgIpc) is 2.58. The van der Waals surface area contributed by atoms with Crippen LogP contribution in [0, 0.1) is 6.92 Å². The highest BCUT2D eigenvalue weighted by atomic mass is 16.6. The molecule has 0 aliphatic carbocycles. The van der Waals surface area contributed by atoms with Crippen molar-refractivity contribution in [3.05, 3.63) is 42.1 Å². The van der Waals surface area contributed by atoms with Crippen LogP contribution in [0.2, 0.25) is 0 Å². The molecular weight excluding hydrogens is 340 g/mol. The van der Waals surface area contributed by atoms with Crippen molar-refractivity contribution in [2.45, 2.75) is 47.1 Å². The van der Waals surface area contributed by atoms with Crippen molar-refractivity contribution >= 4 is 29.0 Å². The monoisotopic (exact) mass is 370 g/mol. The van der Waals surface area contributed by atoms with E-state index in [2.05, 4.69) is 59.5 Å². The second-order valence-electron chi connectivity index (χ2n) is 7.36. The Hall–Kier alpha value is -2.76. The Kier molecular flexibility index (Phi) is 6.66. The largest absolute Gasteiger partial charge is 0.444 e. The zero-order chi connectivity index (χ0) is 20.0. The van der Waals surface area contributed by atoms with Crippen molar-refractivity contribution in [1.82, 2.24) is 4.98 Å². The molecule has 1 aromatic heterocycles. The van der Waals surface area contributed by atoms with Crippen LogP contribution < -0.4 is 15.5 Å². The first-order valence-corrected chi connectivity index (χ1v) is 9.30. The normalized spacial score (nSPS) is 11.0. The summed E-state index contributed by atoms with van der Waals surface area (Å²) < 4.78 is 5.23. The van der Waals surface area contributed by atoms with E-state index in [1.807, 2.05) is 26.8 Å². The van der Waals surface area contributed by atoms with E-state index >= 15 is 0 Å². The maximum absolute atomic E-state index is 11.8. The lowest BCUT2D eigenvalue weighted by Gasteiger charge is -2.22. The van der Waals surface area contributed by atoms with Crippen LogP contribution >= 0.6 is 0 Å². The fraction of sp³-hybridized carbons (Fsp3) is 0.429. The van der Waals surface area contributed by atoms with Crippen LogP contribution in [-0.4, -0.2) is 29.8 Å². The van der Waals surface area contributed by atoms with E-state index in [-0.39, 0.29) is 0 Å². The van der Waals surface area contributed by atoms with E-state index < -0.39 is 11.7 Å². The quantitative estimate of drug-likeness (QED) is 0.720. The number of nitrogens with one attached hydrogen (secondary N) is 2. The smallest absolute Gasteiger partial charge is 0.412 e. The highest BCUT2D eigenvalue weighted by Crippen LogP contribution is 2.25. The van der Waals surface area contributed by atoms with Gasteiger partial charge >= 0.3 is 6.09 Å². The summed E-state index contributed by atoms with van der Waals surface area (Å²) in [7, 11) is 0.